The smallest absolute Gasteiger partial charge is 0.394 e. The van der Waals surface area contributed by atoms with Crippen molar-refractivity contribution < 1.29 is 18.0 Å². The maximum atomic E-state index is 13.7. The highest BCUT2D eigenvalue weighted by Gasteiger charge is 2.36. The largest absolute Gasteiger partial charge is 0.431 e. The Kier molecular flexibility index (Phi) is 8.02. The van der Waals surface area contributed by atoms with E-state index in [9.17, 15) is 18.0 Å². The molecule has 0 spiro atoms. The lowest BCUT2D eigenvalue weighted by atomic mass is 9.83. The van der Waals surface area contributed by atoms with Crippen molar-refractivity contribution in [3.8, 4) is 0 Å². The minimum Gasteiger partial charge on any atom is -0.394 e. The van der Waals surface area contributed by atoms with Crippen LogP contribution in [0.4, 0.5) is 13.2 Å². The molecule has 0 fully saturated rings. The van der Waals surface area contributed by atoms with E-state index in [1.54, 1.807) is 29.2 Å². The van der Waals surface area contributed by atoms with Gasteiger partial charge in [0.25, 0.3) is 0 Å². The molecule has 1 aliphatic rings. The Hall–Kier alpha value is -2.58. The standard InChI is InChI=1S/C24H25ClF3N3OS/c1-3-5-10-30-12-18(23(29)24(26,27)28)15-8-6-7-9-16(15)19-13-31(22(32)4-2)14-20-17(19)11-21(25)33-20/h4,6-9,11-12,19H,2-3,5,10,13-14,29H2,1H3/t19-/m1/s1. The van der Waals surface area contributed by atoms with Crippen molar-refractivity contribution in [1.29, 1.82) is 0 Å². The molecule has 3 rings (SSSR count). The number of carbonyl (C=O) groups is 1. The number of rotatable bonds is 7. The fourth-order valence-corrected chi connectivity index (χ4v) is 5.19. The number of amides is 1. The molecule has 0 unspecified atom stereocenters. The highest BCUT2D eigenvalue weighted by atomic mass is 35.5. The average Bonchev–Trinajstić information content (AvgIpc) is 3.17. The van der Waals surface area contributed by atoms with E-state index < -0.39 is 11.9 Å². The predicted molar refractivity (Wildman–Crippen MR) is 129 cm³/mol. The summed E-state index contributed by atoms with van der Waals surface area (Å²) in [6.45, 7) is 6.61. The molecule has 4 nitrogen and oxygen atoms in total. The van der Waals surface area contributed by atoms with Gasteiger partial charge in [0.2, 0.25) is 5.91 Å². The number of hydrogen-bond donors (Lipinski definition) is 1. The SMILES string of the molecule is C=CC(=O)N1Cc2sc(Cl)cc2[C@@H](c2ccccc2C(C=NCCCC)=C(N)C(F)(F)F)C1. The third kappa shape index (κ3) is 5.68. The van der Waals surface area contributed by atoms with Crippen LogP contribution in [0.5, 0.6) is 0 Å². The van der Waals surface area contributed by atoms with Gasteiger partial charge in [-0.2, -0.15) is 13.2 Å². The second-order valence-electron chi connectivity index (χ2n) is 7.71. The lowest BCUT2D eigenvalue weighted by molar-refractivity contribution is -0.127. The quantitative estimate of drug-likeness (QED) is 0.284. The lowest BCUT2D eigenvalue weighted by Crippen LogP contribution is -2.37. The number of nitrogens with zero attached hydrogens (tertiary/aromatic N) is 2. The van der Waals surface area contributed by atoms with Gasteiger partial charge in [-0.05, 0) is 35.3 Å². The van der Waals surface area contributed by atoms with Crippen molar-refractivity contribution in [1.82, 2.24) is 4.90 Å². The molecular weight excluding hydrogens is 471 g/mol. The van der Waals surface area contributed by atoms with Crippen LogP contribution in [0.1, 0.15) is 47.3 Å². The van der Waals surface area contributed by atoms with Gasteiger partial charge in [-0.25, -0.2) is 0 Å². The molecule has 1 amide bonds. The van der Waals surface area contributed by atoms with Crippen molar-refractivity contribution in [2.24, 2.45) is 10.7 Å². The summed E-state index contributed by atoms with van der Waals surface area (Å²) in [6, 6.07) is 8.62. The first-order valence-electron chi connectivity index (χ1n) is 10.5. The number of unbranched alkanes of at least 4 members (excludes halogenated alkanes) is 1. The molecule has 0 saturated heterocycles. The number of nitrogens with two attached hydrogens (primary N) is 1. The number of allylic oxidation sites excluding steroid dienone is 2. The Bertz CT molecular complexity index is 1090. The lowest BCUT2D eigenvalue weighted by Gasteiger charge is -2.33. The van der Waals surface area contributed by atoms with Crippen LogP contribution in [0, 0.1) is 0 Å². The van der Waals surface area contributed by atoms with Gasteiger partial charge in [0, 0.05) is 35.7 Å². The first kappa shape index (κ1) is 25.1. The molecule has 2 N–H and O–H groups in total. The third-order valence-electron chi connectivity index (χ3n) is 5.49. The number of aliphatic imine (C=N–C) groups is 1. The van der Waals surface area contributed by atoms with Crippen molar-refractivity contribution in [2.45, 2.75) is 38.4 Å². The average molecular weight is 496 g/mol. The molecule has 0 saturated carbocycles. The molecule has 1 aliphatic heterocycles. The second kappa shape index (κ2) is 10.6. The summed E-state index contributed by atoms with van der Waals surface area (Å²) in [4.78, 5) is 19.1. The Morgan fingerprint density at radius 2 is 2.09 bits per heavy atom. The molecule has 2 heterocycles. The predicted octanol–water partition coefficient (Wildman–Crippen LogP) is 6.16. The zero-order valence-electron chi connectivity index (χ0n) is 18.2. The van der Waals surface area contributed by atoms with Crippen molar-refractivity contribution in [3.63, 3.8) is 0 Å². The Balaban J connectivity index is 2.16. The number of fused-ring (bicyclic) bond motifs is 1. The first-order chi connectivity index (χ1) is 15.7. The van der Waals surface area contributed by atoms with E-state index in [1.165, 1.54) is 23.6 Å². The fraction of sp³-hybridized carbons (Fsp3) is 0.333. The van der Waals surface area contributed by atoms with Gasteiger partial charge in [0.15, 0.2) is 0 Å². The Labute approximate surface area is 200 Å². The molecule has 176 valence electrons. The Morgan fingerprint density at radius 3 is 2.76 bits per heavy atom. The van der Waals surface area contributed by atoms with Crippen LogP contribution in [0.25, 0.3) is 5.57 Å². The zero-order chi connectivity index (χ0) is 24.2. The van der Waals surface area contributed by atoms with E-state index in [2.05, 4.69) is 11.6 Å². The topological polar surface area (TPSA) is 58.7 Å². The van der Waals surface area contributed by atoms with Crippen LogP contribution in [-0.4, -0.2) is 36.3 Å². The van der Waals surface area contributed by atoms with E-state index in [0.29, 0.717) is 28.6 Å². The molecule has 0 radical (unpaired) electrons. The van der Waals surface area contributed by atoms with Crippen LogP contribution in [0.15, 0.2) is 53.7 Å². The van der Waals surface area contributed by atoms with E-state index in [-0.39, 0.29) is 23.9 Å². The monoisotopic (exact) mass is 495 g/mol. The minimum absolute atomic E-state index is 0.177. The highest BCUT2D eigenvalue weighted by Crippen LogP contribution is 2.42. The molecule has 0 aliphatic carbocycles. The molecule has 0 bridgehead atoms. The molecule has 1 atom stereocenters. The summed E-state index contributed by atoms with van der Waals surface area (Å²) in [5.41, 5.74) is 6.08. The van der Waals surface area contributed by atoms with E-state index in [0.717, 1.165) is 23.3 Å². The van der Waals surface area contributed by atoms with Crippen LogP contribution in [0.3, 0.4) is 0 Å². The number of hydrogen-bond acceptors (Lipinski definition) is 4. The first-order valence-corrected chi connectivity index (χ1v) is 11.7. The summed E-state index contributed by atoms with van der Waals surface area (Å²) in [5.74, 6) is -0.628. The van der Waals surface area contributed by atoms with E-state index in [4.69, 9.17) is 17.3 Å². The van der Waals surface area contributed by atoms with Gasteiger partial charge in [-0.15, -0.1) is 11.3 Å². The summed E-state index contributed by atoms with van der Waals surface area (Å²) < 4.78 is 41.6. The maximum absolute atomic E-state index is 13.7. The van der Waals surface area contributed by atoms with Crippen LogP contribution in [0.2, 0.25) is 4.34 Å². The fourth-order valence-electron chi connectivity index (χ4n) is 3.84. The van der Waals surface area contributed by atoms with Crippen molar-refractivity contribution >= 4 is 40.6 Å². The molecular formula is C24H25ClF3N3OS. The Morgan fingerprint density at radius 1 is 1.36 bits per heavy atom. The normalized spacial score (nSPS) is 17.1. The third-order valence-corrected chi connectivity index (χ3v) is 6.76. The van der Waals surface area contributed by atoms with Gasteiger partial charge >= 0.3 is 6.18 Å². The zero-order valence-corrected chi connectivity index (χ0v) is 19.7. The summed E-state index contributed by atoms with van der Waals surface area (Å²) in [5, 5.41) is 0. The van der Waals surface area contributed by atoms with Gasteiger partial charge in [-0.3, -0.25) is 9.79 Å². The van der Waals surface area contributed by atoms with Gasteiger partial charge in [-0.1, -0.05) is 55.8 Å². The van der Waals surface area contributed by atoms with E-state index >= 15 is 0 Å². The van der Waals surface area contributed by atoms with Gasteiger partial charge in [0.05, 0.1) is 10.9 Å². The van der Waals surface area contributed by atoms with Crippen molar-refractivity contribution in [3.05, 3.63) is 74.6 Å². The molecule has 1 aromatic heterocycles. The maximum Gasteiger partial charge on any atom is 0.431 e. The van der Waals surface area contributed by atoms with Gasteiger partial charge < -0.3 is 10.6 Å². The number of thiophene rings is 1. The number of carbonyl (C=O) groups excluding carboxylic acids is 1. The molecule has 33 heavy (non-hydrogen) atoms. The summed E-state index contributed by atoms with van der Waals surface area (Å²) in [7, 11) is 0. The van der Waals surface area contributed by atoms with Crippen LogP contribution < -0.4 is 5.73 Å². The minimum atomic E-state index is -4.71. The van der Waals surface area contributed by atoms with Gasteiger partial charge in [0.1, 0.15) is 5.70 Å². The molecule has 1 aromatic carbocycles. The number of alkyl halides is 3. The second-order valence-corrected chi connectivity index (χ2v) is 9.47. The molecule has 9 heteroatoms. The summed E-state index contributed by atoms with van der Waals surface area (Å²) >= 11 is 7.63. The highest BCUT2D eigenvalue weighted by molar-refractivity contribution is 7.16. The van der Waals surface area contributed by atoms with Crippen molar-refractivity contribution in [2.75, 3.05) is 13.1 Å². The van der Waals surface area contributed by atoms with Crippen LogP contribution in [-0.2, 0) is 11.3 Å². The van der Waals surface area contributed by atoms with E-state index in [1.807, 2.05) is 13.0 Å². The summed E-state index contributed by atoms with van der Waals surface area (Å²) in [6.07, 6.45) is -0.633. The number of halogens is 4. The molecule has 2 aromatic rings. The van der Waals surface area contributed by atoms with Crippen LogP contribution >= 0.6 is 22.9 Å². The number of benzene rings is 1.